The number of hydrogen-bond donors (Lipinski definition) is 3. The van der Waals surface area contributed by atoms with Gasteiger partial charge in [0, 0.05) is 36.6 Å². The molecule has 27 heavy (non-hydrogen) atoms. The topological polar surface area (TPSA) is 68.9 Å². The van der Waals surface area contributed by atoms with Crippen molar-refractivity contribution in [3.05, 3.63) is 47.4 Å². The van der Waals surface area contributed by atoms with Gasteiger partial charge in [-0.25, -0.2) is 9.97 Å². The summed E-state index contributed by atoms with van der Waals surface area (Å²) < 4.78 is 0. The van der Waals surface area contributed by atoms with Crippen molar-refractivity contribution >= 4 is 34.1 Å². The molecule has 0 radical (unpaired) electrons. The van der Waals surface area contributed by atoms with Gasteiger partial charge in [0.05, 0.1) is 0 Å². The Hall–Kier alpha value is -2.31. The Morgan fingerprint density at radius 2 is 2.04 bits per heavy atom. The van der Waals surface area contributed by atoms with Gasteiger partial charge in [-0.2, -0.15) is 0 Å². The summed E-state index contributed by atoms with van der Waals surface area (Å²) in [5.41, 5.74) is 2.93. The van der Waals surface area contributed by atoms with Crippen molar-refractivity contribution in [3.63, 3.8) is 0 Å². The molecule has 1 aliphatic heterocycles. The van der Waals surface area contributed by atoms with E-state index in [2.05, 4.69) is 49.7 Å². The number of aromatic amines is 1. The lowest BCUT2D eigenvalue weighted by atomic mass is 9.97. The highest BCUT2D eigenvalue weighted by Crippen LogP contribution is 2.25. The van der Waals surface area contributed by atoms with E-state index in [-0.39, 0.29) is 0 Å². The van der Waals surface area contributed by atoms with E-state index >= 15 is 0 Å². The molecule has 1 aliphatic rings. The normalized spacial score (nSPS) is 15.9. The van der Waals surface area contributed by atoms with Crippen LogP contribution >= 0.6 is 11.6 Å². The summed E-state index contributed by atoms with van der Waals surface area (Å²) in [6.07, 6.45) is 6.21. The Labute approximate surface area is 164 Å². The third-order valence-corrected chi connectivity index (χ3v) is 5.42. The molecule has 142 valence electrons. The molecule has 0 bridgehead atoms. The van der Waals surface area contributed by atoms with Crippen LogP contribution in [0, 0.1) is 5.92 Å². The average molecular weight is 385 g/mol. The van der Waals surface area contributed by atoms with Gasteiger partial charge in [0.1, 0.15) is 16.6 Å². The number of fused-ring (bicyclic) bond motifs is 1. The van der Waals surface area contributed by atoms with E-state index in [0.29, 0.717) is 11.7 Å². The van der Waals surface area contributed by atoms with Crippen LogP contribution in [0.4, 0.5) is 11.5 Å². The summed E-state index contributed by atoms with van der Waals surface area (Å²) in [4.78, 5) is 14.3. The highest BCUT2D eigenvalue weighted by atomic mass is 35.5. The van der Waals surface area contributed by atoms with Gasteiger partial charge in [-0.05, 0) is 62.7 Å². The van der Waals surface area contributed by atoms with Crippen LogP contribution < -0.4 is 10.6 Å². The standard InChI is InChI=1S/C20H25ClN6/c1-27-8-5-14(6-9-27)11-24-19-3-2-15(13-25-19)12-23-17-4-7-22-20-16(17)10-18(21)26-20/h2-4,7,10,13-14H,5-6,8-9,11-12H2,1H3,(H,24,25)(H2,22,23,26). The second-order valence-corrected chi connectivity index (χ2v) is 7.68. The van der Waals surface area contributed by atoms with Gasteiger partial charge >= 0.3 is 0 Å². The first-order valence-corrected chi connectivity index (χ1v) is 9.79. The molecule has 3 aromatic heterocycles. The maximum absolute atomic E-state index is 6.04. The number of nitrogens with one attached hydrogen (secondary N) is 3. The first kappa shape index (κ1) is 18.1. The second kappa shape index (κ2) is 8.15. The van der Waals surface area contributed by atoms with E-state index in [1.807, 2.05) is 18.3 Å². The van der Waals surface area contributed by atoms with E-state index in [4.69, 9.17) is 11.6 Å². The van der Waals surface area contributed by atoms with Crippen LogP contribution in [0.3, 0.4) is 0 Å². The Kier molecular flexibility index (Phi) is 5.45. The summed E-state index contributed by atoms with van der Waals surface area (Å²) >= 11 is 6.04. The maximum Gasteiger partial charge on any atom is 0.140 e. The zero-order valence-corrected chi connectivity index (χ0v) is 16.3. The molecule has 7 heteroatoms. The first-order valence-electron chi connectivity index (χ1n) is 9.42. The Balaban J connectivity index is 1.31. The number of aromatic nitrogens is 3. The summed E-state index contributed by atoms with van der Waals surface area (Å²) in [6.45, 7) is 4.09. The van der Waals surface area contributed by atoms with E-state index in [0.717, 1.165) is 40.6 Å². The number of halogens is 1. The molecule has 3 N–H and O–H groups in total. The fraction of sp³-hybridized carbons (Fsp3) is 0.400. The molecule has 1 saturated heterocycles. The number of pyridine rings is 2. The number of piperidine rings is 1. The van der Waals surface area contributed by atoms with E-state index < -0.39 is 0 Å². The van der Waals surface area contributed by atoms with Crippen LogP contribution in [-0.2, 0) is 6.54 Å². The summed E-state index contributed by atoms with van der Waals surface area (Å²) in [5.74, 6) is 1.69. The van der Waals surface area contributed by atoms with Crippen molar-refractivity contribution in [2.45, 2.75) is 19.4 Å². The number of rotatable bonds is 6. The number of anilines is 2. The van der Waals surface area contributed by atoms with Crippen molar-refractivity contribution in [1.82, 2.24) is 19.9 Å². The largest absolute Gasteiger partial charge is 0.380 e. The summed E-state index contributed by atoms with van der Waals surface area (Å²) in [5, 5.41) is 8.50. The lowest BCUT2D eigenvalue weighted by Crippen LogP contribution is -2.33. The first-order chi connectivity index (χ1) is 13.2. The van der Waals surface area contributed by atoms with Crippen LogP contribution in [0.5, 0.6) is 0 Å². The third kappa shape index (κ3) is 4.51. The highest BCUT2D eigenvalue weighted by molar-refractivity contribution is 6.30. The molecule has 4 heterocycles. The van der Waals surface area contributed by atoms with Crippen LogP contribution in [0.25, 0.3) is 11.0 Å². The van der Waals surface area contributed by atoms with E-state index in [9.17, 15) is 0 Å². The quantitative estimate of drug-likeness (QED) is 0.599. The van der Waals surface area contributed by atoms with Crippen LogP contribution in [-0.4, -0.2) is 46.5 Å². The fourth-order valence-electron chi connectivity index (χ4n) is 3.50. The molecule has 0 unspecified atom stereocenters. The third-order valence-electron chi connectivity index (χ3n) is 5.22. The van der Waals surface area contributed by atoms with Gasteiger partial charge in [0.15, 0.2) is 0 Å². The molecule has 0 spiro atoms. The molecule has 0 atom stereocenters. The minimum Gasteiger partial charge on any atom is -0.380 e. The maximum atomic E-state index is 6.04. The van der Waals surface area contributed by atoms with Gasteiger partial charge in [-0.15, -0.1) is 0 Å². The molecule has 4 rings (SSSR count). The van der Waals surface area contributed by atoms with Crippen molar-refractivity contribution in [2.24, 2.45) is 5.92 Å². The van der Waals surface area contributed by atoms with Gasteiger partial charge in [-0.3, -0.25) is 0 Å². The molecule has 0 aliphatic carbocycles. The summed E-state index contributed by atoms with van der Waals surface area (Å²) in [6, 6.07) is 8.01. The Morgan fingerprint density at radius 3 is 2.81 bits per heavy atom. The SMILES string of the molecule is CN1CCC(CNc2ccc(CNc3ccnc4[nH]c(Cl)cc34)cn2)CC1. The van der Waals surface area contributed by atoms with Gasteiger partial charge in [0.25, 0.3) is 0 Å². The predicted octanol–water partition coefficient (Wildman–Crippen LogP) is 3.98. The number of nitrogens with zero attached hydrogens (tertiary/aromatic N) is 3. The minimum atomic E-state index is 0.591. The van der Waals surface area contributed by atoms with E-state index in [1.165, 1.54) is 25.9 Å². The fourth-order valence-corrected chi connectivity index (χ4v) is 3.69. The van der Waals surface area contributed by atoms with Gasteiger partial charge in [0.2, 0.25) is 0 Å². The minimum absolute atomic E-state index is 0.591. The zero-order chi connectivity index (χ0) is 18.6. The van der Waals surface area contributed by atoms with Gasteiger partial charge in [-0.1, -0.05) is 17.7 Å². The lowest BCUT2D eigenvalue weighted by Gasteiger charge is -2.29. The second-order valence-electron chi connectivity index (χ2n) is 7.27. The van der Waals surface area contributed by atoms with Crippen molar-refractivity contribution < 1.29 is 0 Å². The smallest absolute Gasteiger partial charge is 0.140 e. The molecular weight excluding hydrogens is 360 g/mol. The van der Waals surface area contributed by atoms with Crippen LogP contribution in [0.15, 0.2) is 36.7 Å². The van der Waals surface area contributed by atoms with Crippen molar-refractivity contribution in [3.8, 4) is 0 Å². The highest BCUT2D eigenvalue weighted by Gasteiger charge is 2.16. The molecular formula is C20H25ClN6. The number of H-pyrrole nitrogens is 1. The number of hydrogen-bond acceptors (Lipinski definition) is 5. The van der Waals surface area contributed by atoms with Crippen molar-refractivity contribution in [1.29, 1.82) is 0 Å². The summed E-state index contributed by atoms with van der Waals surface area (Å²) in [7, 11) is 2.19. The lowest BCUT2D eigenvalue weighted by molar-refractivity contribution is 0.226. The van der Waals surface area contributed by atoms with Crippen molar-refractivity contribution in [2.75, 3.05) is 37.3 Å². The predicted molar refractivity (Wildman–Crippen MR) is 111 cm³/mol. The molecule has 3 aromatic rings. The zero-order valence-electron chi connectivity index (χ0n) is 15.5. The van der Waals surface area contributed by atoms with Gasteiger partial charge < -0.3 is 20.5 Å². The average Bonchev–Trinajstić information content (AvgIpc) is 3.07. The Morgan fingerprint density at radius 1 is 1.19 bits per heavy atom. The molecule has 0 aromatic carbocycles. The Bertz CT molecular complexity index is 883. The van der Waals surface area contributed by atoms with Crippen LogP contribution in [0.1, 0.15) is 18.4 Å². The molecule has 0 amide bonds. The molecule has 0 saturated carbocycles. The van der Waals surface area contributed by atoms with E-state index in [1.54, 1.807) is 6.20 Å². The van der Waals surface area contributed by atoms with Crippen LogP contribution in [0.2, 0.25) is 5.15 Å². The molecule has 6 nitrogen and oxygen atoms in total. The molecule has 1 fully saturated rings. The number of likely N-dealkylation sites (tertiary alicyclic amines) is 1. The monoisotopic (exact) mass is 384 g/mol.